The molecule has 0 aliphatic carbocycles. The van der Waals surface area contributed by atoms with Gasteiger partial charge in [0.25, 0.3) is 0 Å². The first-order valence-electron chi connectivity index (χ1n) is 7.65. The van der Waals surface area contributed by atoms with Crippen molar-refractivity contribution in [3.63, 3.8) is 0 Å². The molecule has 0 saturated carbocycles. The number of hydrogen-bond donors (Lipinski definition) is 1. The molecule has 1 fully saturated rings. The molecule has 0 bridgehead atoms. The Labute approximate surface area is 132 Å². The molecule has 1 saturated heterocycles. The van der Waals surface area contributed by atoms with Crippen molar-refractivity contribution < 1.29 is 8.42 Å². The van der Waals surface area contributed by atoms with Crippen molar-refractivity contribution >= 4 is 21.4 Å². The monoisotopic (exact) mass is 330 g/mol. The van der Waals surface area contributed by atoms with Crippen LogP contribution < -0.4 is 5.32 Å². The number of sulfonamides is 1. The summed E-state index contributed by atoms with van der Waals surface area (Å²) < 4.78 is 27.3. The van der Waals surface area contributed by atoms with Crippen LogP contribution in [0, 0.1) is 5.92 Å². The van der Waals surface area contributed by atoms with Gasteiger partial charge in [-0.3, -0.25) is 0 Å². The van der Waals surface area contributed by atoms with Crippen LogP contribution >= 0.6 is 11.3 Å². The predicted octanol–water partition coefficient (Wildman–Crippen LogP) is 3.06. The Hall–Kier alpha value is -0.430. The third-order valence-corrected chi connectivity index (χ3v) is 7.29. The predicted molar refractivity (Wildman–Crippen MR) is 88.0 cm³/mol. The van der Waals surface area contributed by atoms with Crippen molar-refractivity contribution in [2.24, 2.45) is 5.92 Å². The van der Waals surface area contributed by atoms with Crippen LogP contribution in [0.15, 0.2) is 16.3 Å². The van der Waals surface area contributed by atoms with Crippen LogP contribution in [0.25, 0.3) is 0 Å². The van der Waals surface area contributed by atoms with Gasteiger partial charge < -0.3 is 5.32 Å². The van der Waals surface area contributed by atoms with Gasteiger partial charge in [0, 0.05) is 35.4 Å². The van der Waals surface area contributed by atoms with E-state index in [4.69, 9.17) is 0 Å². The van der Waals surface area contributed by atoms with Crippen LogP contribution in [0.3, 0.4) is 0 Å². The first kappa shape index (κ1) is 16.9. The molecule has 2 rings (SSSR count). The van der Waals surface area contributed by atoms with Crippen LogP contribution in [-0.2, 0) is 16.6 Å². The Bertz CT molecular complexity index is 566. The van der Waals surface area contributed by atoms with Gasteiger partial charge in [-0.1, -0.05) is 20.8 Å². The standard InChI is InChI=1S/C15H26N2O2S2/c1-11(2)16-9-14-8-15(10-20-14)21(18,19)17-7-5-6-12(3)13(17)4/h8,10-13,16H,5-7,9H2,1-4H3. The molecule has 1 aromatic heterocycles. The maximum Gasteiger partial charge on any atom is 0.244 e. The summed E-state index contributed by atoms with van der Waals surface area (Å²) in [6.45, 7) is 9.70. The van der Waals surface area contributed by atoms with Gasteiger partial charge in [-0.15, -0.1) is 11.3 Å². The molecule has 21 heavy (non-hydrogen) atoms. The number of rotatable bonds is 5. The number of nitrogens with one attached hydrogen (secondary N) is 1. The Morgan fingerprint density at radius 2 is 2.14 bits per heavy atom. The molecule has 2 unspecified atom stereocenters. The van der Waals surface area contributed by atoms with E-state index in [0.29, 0.717) is 23.4 Å². The fourth-order valence-corrected chi connectivity index (χ4v) is 5.64. The lowest BCUT2D eigenvalue weighted by molar-refractivity contribution is 0.202. The topological polar surface area (TPSA) is 49.4 Å². The normalized spacial score (nSPS) is 24.6. The maximum absolute atomic E-state index is 12.8. The molecule has 2 heterocycles. The van der Waals surface area contributed by atoms with Crippen LogP contribution in [-0.4, -0.2) is 31.4 Å². The van der Waals surface area contributed by atoms with Gasteiger partial charge in [0.15, 0.2) is 0 Å². The lowest BCUT2D eigenvalue weighted by Gasteiger charge is -2.36. The van der Waals surface area contributed by atoms with Crippen LogP contribution in [0.4, 0.5) is 0 Å². The minimum atomic E-state index is -3.35. The first-order valence-corrected chi connectivity index (χ1v) is 9.97. The number of thiophene rings is 1. The van der Waals surface area contributed by atoms with E-state index in [9.17, 15) is 8.42 Å². The summed E-state index contributed by atoms with van der Waals surface area (Å²) >= 11 is 1.52. The van der Waals surface area contributed by atoms with Crippen molar-refractivity contribution in [3.8, 4) is 0 Å². The van der Waals surface area contributed by atoms with Gasteiger partial charge in [0.1, 0.15) is 0 Å². The van der Waals surface area contributed by atoms with Gasteiger partial charge in [-0.25, -0.2) is 8.42 Å². The molecule has 1 aromatic rings. The highest BCUT2D eigenvalue weighted by Crippen LogP contribution is 2.30. The molecule has 0 spiro atoms. The zero-order valence-electron chi connectivity index (χ0n) is 13.3. The van der Waals surface area contributed by atoms with Gasteiger partial charge in [0.2, 0.25) is 10.0 Å². The minimum Gasteiger partial charge on any atom is -0.310 e. The minimum absolute atomic E-state index is 0.0842. The molecule has 1 N–H and O–H groups in total. The fraction of sp³-hybridized carbons (Fsp3) is 0.733. The molecule has 1 aliphatic rings. The molecule has 2 atom stereocenters. The largest absolute Gasteiger partial charge is 0.310 e. The summed E-state index contributed by atoms with van der Waals surface area (Å²) in [7, 11) is -3.35. The molecule has 4 nitrogen and oxygen atoms in total. The van der Waals surface area contributed by atoms with E-state index in [1.165, 1.54) is 11.3 Å². The van der Waals surface area contributed by atoms with Crippen LogP contribution in [0.2, 0.25) is 0 Å². The van der Waals surface area contributed by atoms with Crippen molar-refractivity contribution in [1.82, 2.24) is 9.62 Å². The molecule has 0 radical (unpaired) electrons. The van der Waals surface area contributed by atoms with Crippen molar-refractivity contribution in [3.05, 3.63) is 16.3 Å². The van der Waals surface area contributed by atoms with E-state index >= 15 is 0 Å². The summed E-state index contributed by atoms with van der Waals surface area (Å²) in [5.41, 5.74) is 0. The van der Waals surface area contributed by atoms with Crippen molar-refractivity contribution in [2.45, 2.75) is 64.1 Å². The Morgan fingerprint density at radius 3 is 2.81 bits per heavy atom. The third kappa shape index (κ3) is 3.86. The van der Waals surface area contributed by atoms with Gasteiger partial charge in [-0.2, -0.15) is 4.31 Å². The van der Waals surface area contributed by atoms with Crippen molar-refractivity contribution in [2.75, 3.05) is 6.54 Å². The highest BCUT2D eigenvalue weighted by molar-refractivity contribution is 7.89. The second-order valence-corrected chi connectivity index (χ2v) is 9.15. The smallest absolute Gasteiger partial charge is 0.244 e. The van der Waals surface area contributed by atoms with E-state index in [1.54, 1.807) is 9.69 Å². The Kier molecular flexibility index (Phi) is 5.46. The summed E-state index contributed by atoms with van der Waals surface area (Å²) in [4.78, 5) is 1.52. The second kappa shape index (κ2) is 6.77. The zero-order valence-corrected chi connectivity index (χ0v) is 14.9. The molecular formula is C15H26N2O2S2. The molecule has 120 valence electrons. The van der Waals surface area contributed by atoms with Crippen LogP contribution in [0.1, 0.15) is 45.4 Å². The Morgan fingerprint density at radius 1 is 1.43 bits per heavy atom. The Balaban J connectivity index is 2.16. The highest BCUT2D eigenvalue weighted by atomic mass is 32.2. The zero-order chi connectivity index (χ0) is 15.6. The quantitative estimate of drug-likeness (QED) is 0.903. The summed E-state index contributed by atoms with van der Waals surface area (Å²) in [6, 6.07) is 2.30. The molecular weight excluding hydrogens is 304 g/mol. The number of nitrogens with zero attached hydrogens (tertiary/aromatic N) is 1. The average molecular weight is 331 g/mol. The van der Waals surface area contributed by atoms with Crippen LogP contribution in [0.5, 0.6) is 0 Å². The average Bonchev–Trinajstić information content (AvgIpc) is 2.89. The lowest BCUT2D eigenvalue weighted by atomic mass is 9.94. The van der Waals surface area contributed by atoms with E-state index < -0.39 is 10.0 Å². The highest BCUT2D eigenvalue weighted by Gasteiger charge is 2.34. The number of hydrogen-bond acceptors (Lipinski definition) is 4. The fourth-order valence-electron chi connectivity index (χ4n) is 2.67. The summed E-state index contributed by atoms with van der Waals surface area (Å²) in [5.74, 6) is 0.425. The summed E-state index contributed by atoms with van der Waals surface area (Å²) in [5, 5.41) is 5.10. The summed E-state index contributed by atoms with van der Waals surface area (Å²) in [6.07, 6.45) is 2.07. The van der Waals surface area contributed by atoms with E-state index in [1.807, 2.05) is 13.0 Å². The number of piperidine rings is 1. The van der Waals surface area contributed by atoms with E-state index in [0.717, 1.165) is 24.3 Å². The van der Waals surface area contributed by atoms with Crippen molar-refractivity contribution in [1.29, 1.82) is 0 Å². The molecule has 0 amide bonds. The first-order chi connectivity index (χ1) is 9.82. The van der Waals surface area contributed by atoms with Gasteiger partial charge >= 0.3 is 0 Å². The third-order valence-electron chi connectivity index (χ3n) is 4.24. The maximum atomic E-state index is 12.8. The SMILES string of the molecule is CC(C)NCc1cc(S(=O)(=O)N2CCCC(C)C2C)cs1. The second-order valence-electron chi connectivity index (χ2n) is 6.26. The molecule has 0 aromatic carbocycles. The molecule has 6 heteroatoms. The van der Waals surface area contributed by atoms with E-state index in [-0.39, 0.29) is 6.04 Å². The molecule has 1 aliphatic heterocycles. The van der Waals surface area contributed by atoms with Gasteiger partial charge in [0.05, 0.1) is 4.90 Å². The van der Waals surface area contributed by atoms with Gasteiger partial charge in [-0.05, 0) is 31.7 Å². The lowest BCUT2D eigenvalue weighted by Crippen LogP contribution is -2.45. The van der Waals surface area contributed by atoms with E-state index in [2.05, 4.69) is 26.1 Å².